The third kappa shape index (κ3) is 4.59. The molecule has 0 amide bonds. The molecule has 0 spiro atoms. The first-order valence-corrected chi connectivity index (χ1v) is 7.75. The van der Waals surface area contributed by atoms with E-state index in [1.807, 2.05) is 0 Å². The highest BCUT2D eigenvalue weighted by Crippen LogP contribution is 2.29. The van der Waals surface area contributed by atoms with Gasteiger partial charge in [-0.2, -0.15) is 0 Å². The van der Waals surface area contributed by atoms with E-state index in [0.29, 0.717) is 0 Å². The Balaban J connectivity index is 1.59. The number of nitrogens with zero attached hydrogens (tertiary/aromatic N) is 1. The van der Waals surface area contributed by atoms with Crippen LogP contribution in [-0.2, 0) is 0 Å². The van der Waals surface area contributed by atoms with Crippen LogP contribution in [0.5, 0.6) is 0 Å². The Morgan fingerprint density at radius 1 is 1.12 bits per heavy atom. The minimum Gasteiger partial charge on any atom is -0.312 e. The van der Waals surface area contributed by atoms with Crippen LogP contribution in [0.25, 0.3) is 0 Å². The van der Waals surface area contributed by atoms with E-state index in [1.54, 1.807) is 0 Å². The second-order valence-electron chi connectivity index (χ2n) is 6.16. The summed E-state index contributed by atoms with van der Waals surface area (Å²) in [6.45, 7) is 9.72. The topological polar surface area (TPSA) is 15.3 Å². The molecule has 2 aliphatic rings. The number of rotatable bonds is 7. The molecule has 2 fully saturated rings. The van der Waals surface area contributed by atoms with Gasteiger partial charge in [0, 0.05) is 25.7 Å². The number of hydrogen-bond acceptors (Lipinski definition) is 2. The molecule has 1 N–H and O–H groups in total. The zero-order valence-electron chi connectivity index (χ0n) is 11.8. The molecule has 2 heteroatoms. The monoisotopic (exact) mass is 238 g/mol. The van der Waals surface area contributed by atoms with E-state index < -0.39 is 0 Å². The van der Waals surface area contributed by atoms with Gasteiger partial charge in [0.15, 0.2) is 0 Å². The molecule has 17 heavy (non-hydrogen) atoms. The Bertz CT molecular complexity index is 213. The highest BCUT2D eigenvalue weighted by molar-refractivity contribution is 4.80. The average molecular weight is 238 g/mol. The van der Waals surface area contributed by atoms with Crippen molar-refractivity contribution < 1.29 is 0 Å². The third-order valence-corrected chi connectivity index (χ3v) is 4.61. The van der Waals surface area contributed by atoms with Gasteiger partial charge >= 0.3 is 0 Å². The van der Waals surface area contributed by atoms with E-state index in [0.717, 1.165) is 17.9 Å². The molecule has 0 bridgehead atoms. The zero-order chi connectivity index (χ0) is 12.1. The van der Waals surface area contributed by atoms with Crippen LogP contribution in [0.3, 0.4) is 0 Å². The van der Waals surface area contributed by atoms with Crippen molar-refractivity contribution in [1.29, 1.82) is 0 Å². The second-order valence-corrected chi connectivity index (χ2v) is 6.16. The maximum Gasteiger partial charge on any atom is 0.0107 e. The lowest BCUT2D eigenvalue weighted by molar-refractivity contribution is 0.242. The van der Waals surface area contributed by atoms with Crippen LogP contribution in [0, 0.1) is 11.8 Å². The maximum atomic E-state index is 3.79. The SMILES string of the molecule is CCN(CCNC1CCCCC1C)CC1CC1. The fourth-order valence-electron chi connectivity index (χ4n) is 3.07. The van der Waals surface area contributed by atoms with Crippen molar-refractivity contribution in [2.45, 2.75) is 58.4 Å². The molecule has 2 rings (SSSR count). The molecule has 2 unspecified atom stereocenters. The summed E-state index contributed by atoms with van der Waals surface area (Å²) in [5.74, 6) is 1.92. The molecule has 2 atom stereocenters. The Morgan fingerprint density at radius 2 is 1.88 bits per heavy atom. The van der Waals surface area contributed by atoms with Crippen molar-refractivity contribution >= 4 is 0 Å². The predicted octanol–water partition coefficient (Wildman–Crippen LogP) is 2.89. The van der Waals surface area contributed by atoms with Gasteiger partial charge in [-0.1, -0.05) is 26.7 Å². The molecular weight excluding hydrogens is 208 g/mol. The zero-order valence-corrected chi connectivity index (χ0v) is 11.8. The van der Waals surface area contributed by atoms with Crippen molar-refractivity contribution in [2.75, 3.05) is 26.2 Å². The van der Waals surface area contributed by atoms with Crippen molar-refractivity contribution in [3.63, 3.8) is 0 Å². The summed E-state index contributed by atoms with van der Waals surface area (Å²) in [6.07, 6.45) is 8.66. The normalized spacial score (nSPS) is 29.8. The van der Waals surface area contributed by atoms with Gasteiger partial charge in [0.25, 0.3) is 0 Å². The van der Waals surface area contributed by atoms with Gasteiger partial charge in [-0.15, -0.1) is 0 Å². The van der Waals surface area contributed by atoms with Gasteiger partial charge in [-0.05, 0) is 44.1 Å². The van der Waals surface area contributed by atoms with Crippen LogP contribution in [0.4, 0.5) is 0 Å². The quantitative estimate of drug-likeness (QED) is 0.733. The molecule has 0 saturated heterocycles. The second kappa shape index (κ2) is 6.75. The molecule has 0 aromatic heterocycles. The molecule has 2 aliphatic carbocycles. The van der Waals surface area contributed by atoms with Crippen LogP contribution in [-0.4, -0.2) is 37.1 Å². The highest BCUT2D eigenvalue weighted by atomic mass is 15.1. The summed E-state index contributed by atoms with van der Waals surface area (Å²) >= 11 is 0. The maximum absolute atomic E-state index is 3.79. The highest BCUT2D eigenvalue weighted by Gasteiger charge is 2.24. The summed E-state index contributed by atoms with van der Waals surface area (Å²) in [7, 11) is 0. The lowest BCUT2D eigenvalue weighted by Gasteiger charge is -2.30. The Labute approximate surface area is 107 Å². The smallest absolute Gasteiger partial charge is 0.0107 e. The molecule has 100 valence electrons. The van der Waals surface area contributed by atoms with E-state index in [2.05, 4.69) is 24.1 Å². The molecule has 0 aromatic rings. The molecule has 2 nitrogen and oxygen atoms in total. The summed E-state index contributed by atoms with van der Waals surface area (Å²) in [5.41, 5.74) is 0. The third-order valence-electron chi connectivity index (χ3n) is 4.61. The molecule has 0 aliphatic heterocycles. The Kier molecular flexibility index (Phi) is 5.30. The van der Waals surface area contributed by atoms with Gasteiger partial charge in [0.1, 0.15) is 0 Å². The molecule has 2 saturated carbocycles. The number of likely N-dealkylation sites (N-methyl/N-ethyl adjacent to an activating group) is 1. The van der Waals surface area contributed by atoms with Crippen molar-refractivity contribution in [1.82, 2.24) is 10.2 Å². The van der Waals surface area contributed by atoms with Crippen molar-refractivity contribution in [3.8, 4) is 0 Å². The summed E-state index contributed by atoms with van der Waals surface area (Å²) in [6, 6.07) is 0.795. The van der Waals surface area contributed by atoms with E-state index >= 15 is 0 Å². The van der Waals surface area contributed by atoms with E-state index in [-0.39, 0.29) is 0 Å². The minimum absolute atomic E-state index is 0.795. The number of hydrogen-bond donors (Lipinski definition) is 1. The molecular formula is C15H30N2. The first-order valence-electron chi connectivity index (χ1n) is 7.75. The summed E-state index contributed by atoms with van der Waals surface area (Å²) in [5, 5.41) is 3.79. The molecule has 0 heterocycles. The van der Waals surface area contributed by atoms with Gasteiger partial charge in [0.05, 0.1) is 0 Å². The minimum atomic E-state index is 0.795. The van der Waals surface area contributed by atoms with Gasteiger partial charge in [-0.25, -0.2) is 0 Å². The van der Waals surface area contributed by atoms with E-state index in [4.69, 9.17) is 0 Å². The number of nitrogens with one attached hydrogen (secondary N) is 1. The van der Waals surface area contributed by atoms with Crippen molar-refractivity contribution in [2.24, 2.45) is 11.8 Å². The van der Waals surface area contributed by atoms with Gasteiger partial charge in [0.2, 0.25) is 0 Å². The fraction of sp³-hybridized carbons (Fsp3) is 1.00. The Morgan fingerprint density at radius 3 is 2.53 bits per heavy atom. The standard InChI is InChI=1S/C15H30N2/c1-3-17(12-14-8-9-14)11-10-16-15-7-5-4-6-13(15)2/h13-16H,3-12H2,1-2H3. The largest absolute Gasteiger partial charge is 0.312 e. The molecule has 0 aromatic carbocycles. The van der Waals surface area contributed by atoms with E-state index in [1.165, 1.54) is 64.7 Å². The molecule has 0 radical (unpaired) electrons. The van der Waals surface area contributed by atoms with Gasteiger partial charge < -0.3 is 10.2 Å². The van der Waals surface area contributed by atoms with Crippen molar-refractivity contribution in [3.05, 3.63) is 0 Å². The van der Waals surface area contributed by atoms with Crippen LogP contribution in [0.1, 0.15) is 52.4 Å². The van der Waals surface area contributed by atoms with Crippen LogP contribution in [0.2, 0.25) is 0 Å². The summed E-state index contributed by atoms with van der Waals surface area (Å²) in [4.78, 5) is 2.62. The van der Waals surface area contributed by atoms with Crippen LogP contribution >= 0.6 is 0 Å². The van der Waals surface area contributed by atoms with E-state index in [9.17, 15) is 0 Å². The first-order chi connectivity index (χ1) is 8.29. The fourth-order valence-corrected chi connectivity index (χ4v) is 3.07. The first kappa shape index (κ1) is 13.4. The van der Waals surface area contributed by atoms with Gasteiger partial charge in [-0.3, -0.25) is 0 Å². The summed E-state index contributed by atoms with van der Waals surface area (Å²) < 4.78 is 0. The predicted molar refractivity (Wildman–Crippen MR) is 74.3 cm³/mol. The lowest BCUT2D eigenvalue weighted by atomic mass is 9.86. The Hall–Kier alpha value is -0.0800. The van der Waals surface area contributed by atoms with Crippen LogP contribution < -0.4 is 5.32 Å². The lowest BCUT2D eigenvalue weighted by Crippen LogP contribution is -2.42. The van der Waals surface area contributed by atoms with Crippen LogP contribution in [0.15, 0.2) is 0 Å². The average Bonchev–Trinajstić information content (AvgIpc) is 3.14.